The number of hydrogen-bond acceptors (Lipinski definition) is 6. The van der Waals surface area contributed by atoms with Crippen LogP contribution in [0, 0.1) is 6.92 Å². The van der Waals surface area contributed by atoms with Gasteiger partial charge in [0.2, 0.25) is 15.9 Å². The fourth-order valence-electron chi connectivity index (χ4n) is 4.04. The smallest absolute Gasteiger partial charge is 0.253 e. The molecule has 0 spiro atoms. The number of nitrogens with one attached hydrogen (secondary N) is 2. The van der Waals surface area contributed by atoms with Gasteiger partial charge in [0.15, 0.2) is 11.5 Å². The Morgan fingerprint density at radius 3 is 2.28 bits per heavy atom. The number of para-hydroxylation sites is 1. The second-order valence-corrected chi connectivity index (χ2v) is 11.0. The minimum atomic E-state index is -3.51. The van der Waals surface area contributed by atoms with Crippen molar-refractivity contribution in [1.29, 1.82) is 0 Å². The van der Waals surface area contributed by atoms with Crippen molar-refractivity contribution in [1.82, 2.24) is 5.32 Å². The van der Waals surface area contributed by atoms with E-state index < -0.39 is 10.0 Å². The van der Waals surface area contributed by atoms with E-state index in [-0.39, 0.29) is 24.8 Å². The number of hydrogen-bond donors (Lipinski definition) is 2. The standard InChI is InChI=1S/C29H35N3O6S/c1-21-11-14-23(15-12-21)32(39(4,35)36)19-7-10-28(33)31-25-9-6-5-8-24(25)29(34)30-18-17-22-13-16-26(37-2)27(20-22)38-3/h5-6,8-9,11-16,20H,7,10,17-19H2,1-4H3,(H,30,34)(H,31,33). The molecule has 0 aliphatic heterocycles. The number of methoxy groups -OCH3 is 2. The Morgan fingerprint density at radius 1 is 0.923 bits per heavy atom. The van der Waals surface area contributed by atoms with Crippen LogP contribution in [0.1, 0.15) is 34.3 Å². The molecule has 3 rings (SSSR count). The molecule has 0 radical (unpaired) electrons. The highest BCUT2D eigenvalue weighted by Gasteiger charge is 2.18. The van der Waals surface area contributed by atoms with Gasteiger partial charge in [-0.15, -0.1) is 0 Å². The lowest BCUT2D eigenvalue weighted by atomic mass is 10.1. The third-order valence-corrected chi connectivity index (χ3v) is 7.27. The van der Waals surface area contributed by atoms with E-state index in [1.165, 1.54) is 4.31 Å². The molecular weight excluding hydrogens is 518 g/mol. The molecule has 208 valence electrons. The van der Waals surface area contributed by atoms with Crippen molar-refractivity contribution in [2.24, 2.45) is 0 Å². The zero-order valence-electron chi connectivity index (χ0n) is 22.7. The maximum Gasteiger partial charge on any atom is 0.253 e. The van der Waals surface area contributed by atoms with E-state index in [1.54, 1.807) is 50.6 Å². The van der Waals surface area contributed by atoms with Gasteiger partial charge in [0.1, 0.15) is 0 Å². The number of nitrogens with zero attached hydrogens (tertiary/aromatic N) is 1. The summed E-state index contributed by atoms with van der Waals surface area (Å²) in [5.74, 6) is 0.633. The molecule has 2 N–H and O–H groups in total. The first-order chi connectivity index (χ1) is 18.6. The highest BCUT2D eigenvalue weighted by molar-refractivity contribution is 7.92. The molecule has 0 bridgehead atoms. The summed E-state index contributed by atoms with van der Waals surface area (Å²) in [6.45, 7) is 2.47. The molecule has 2 amide bonds. The number of sulfonamides is 1. The molecule has 9 nitrogen and oxygen atoms in total. The fraction of sp³-hybridized carbons (Fsp3) is 0.310. The predicted molar refractivity (Wildman–Crippen MR) is 153 cm³/mol. The molecule has 0 saturated heterocycles. The summed E-state index contributed by atoms with van der Waals surface area (Å²) in [5.41, 5.74) is 3.29. The summed E-state index contributed by atoms with van der Waals surface area (Å²) < 4.78 is 36.5. The van der Waals surface area contributed by atoms with Crippen LogP contribution in [0.5, 0.6) is 11.5 Å². The molecule has 0 aliphatic carbocycles. The monoisotopic (exact) mass is 553 g/mol. The zero-order chi connectivity index (χ0) is 28.4. The highest BCUT2D eigenvalue weighted by atomic mass is 32.2. The van der Waals surface area contributed by atoms with E-state index in [0.717, 1.165) is 17.4 Å². The zero-order valence-corrected chi connectivity index (χ0v) is 23.5. The summed E-state index contributed by atoms with van der Waals surface area (Å²) in [5, 5.41) is 5.68. The quantitative estimate of drug-likeness (QED) is 0.328. The summed E-state index contributed by atoms with van der Waals surface area (Å²) >= 11 is 0. The van der Waals surface area contributed by atoms with Crippen molar-refractivity contribution in [3.8, 4) is 11.5 Å². The van der Waals surface area contributed by atoms with Gasteiger partial charge in [-0.05, 0) is 61.7 Å². The van der Waals surface area contributed by atoms with E-state index >= 15 is 0 Å². The molecule has 0 aliphatic rings. The Balaban J connectivity index is 1.55. The van der Waals surface area contributed by atoms with Crippen molar-refractivity contribution >= 4 is 33.2 Å². The van der Waals surface area contributed by atoms with Crippen molar-refractivity contribution in [3.05, 3.63) is 83.4 Å². The Labute approximate surface area is 230 Å². The molecular formula is C29H35N3O6S. The number of carbonyl (C=O) groups is 2. The first-order valence-electron chi connectivity index (χ1n) is 12.5. The number of rotatable bonds is 13. The van der Waals surface area contributed by atoms with Crippen LogP contribution in [0.4, 0.5) is 11.4 Å². The van der Waals surface area contributed by atoms with Crippen molar-refractivity contribution < 1.29 is 27.5 Å². The number of amides is 2. The third-order valence-electron chi connectivity index (χ3n) is 6.08. The SMILES string of the molecule is COc1ccc(CCNC(=O)c2ccccc2NC(=O)CCCN(c2ccc(C)cc2)S(C)(=O)=O)cc1OC. The molecule has 0 unspecified atom stereocenters. The molecule has 3 aromatic rings. The Bertz CT molecular complexity index is 1390. The summed E-state index contributed by atoms with van der Waals surface area (Å²) in [6, 6.07) is 19.5. The minimum absolute atomic E-state index is 0.0904. The van der Waals surface area contributed by atoms with Crippen LogP contribution in [0.2, 0.25) is 0 Å². The van der Waals surface area contributed by atoms with Gasteiger partial charge in [0, 0.05) is 19.5 Å². The maximum atomic E-state index is 12.9. The van der Waals surface area contributed by atoms with Gasteiger partial charge in [0.05, 0.1) is 37.4 Å². The number of carbonyl (C=O) groups excluding carboxylic acids is 2. The van der Waals surface area contributed by atoms with Crippen LogP contribution in [0.3, 0.4) is 0 Å². The van der Waals surface area contributed by atoms with Gasteiger partial charge in [-0.1, -0.05) is 35.9 Å². The Morgan fingerprint density at radius 2 is 1.62 bits per heavy atom. The Hall–Kier alpha value is -4.05. The molecule has 0 heterocycles. The number of ether oxygens (including phenoxy) is 2. The van der Waals surface area contributed by atoms with Gasteiger partial charge < -0.3 is 20.1 Å². The average molecular weight is 554 g/mol. The Kier molecular flexibility index (Phi) is 10.3. The maximum absolute atomic E-state index is 12.9. The van der Waals surface area contributed by atoms with Crippen molar-refractivity contribution in [2.75, 3.05) is 43.2 Å². The molecule has 0 fully saturated rings. The molecule has 3 aromatic carbocycles. The van der Waals surface area contributed by atoms with Gasteiger partial charge in [-0.3, -0.25) is 13.9 Å². The normalized spacial score (nSPS) is 11.0. The second kappa shape index (κ2) is 13.7. The third kappa shape index (κ3) is 8.47. The topological polar surface area (TPSA) is 114 Å². The van der Waals surface area contributed by atoms with Crippen LogP contribution in [0.25, 0.3) is 0 Å². The molecule has 0 saturated carbocycles. The lowest BCUT2D eigenvalue weighted by Gasteiger charge is -2.22. The number of aryl methyl sites for hydroxylation is 1. The van der Waals surface area contributed by atoms with Crippen LogP contribution < -0.4 is 24.4 Å². The molecule has 39 heavy (non-hydrogen) atoms. The lowest BCUT2D eigenvalue weighted by Crippen LogP contribution is -2.31. The summed E-state index contributed by atoms with van der Waals surface area (Å²) in [7, 11) is -0.364. The van der Waals surface area contributed by atoms with Crippen LogP contribution >= 0.6 is 0 Å². The van der Waals surface area contributed by atoms with Crippen LogP contribution in [-0.4, -0.2) is 53.8 Å². The average Bonchev–Trinajstić information content (AvgIpc) is 2.91. The van der Waals surface area contributed by atoms with Crippen molar-refractivity contribution in [3.63, 3.8) is 0 Å². The first kappa shape index (κ1) is 29.5. The molecule has 0 atom stereocenters. The summed E-state index contributed by atoms with van der Waals surface area (Å²) in [6.07, 6.45) is 2.13. The predicted octanol–water partition coefficient (Wildman–Crippen LogP) is 4.17. The van der Waals surface area contributed by atoms with E-state index in [4.69, 9.17) is 9.47 Å². The van der Waals surface area contributed by atoms with E-state index in [2.05, 4.69) is 10.6 Å². The van der Waals surface area contributed by atoms with Gasteiger partial charge >= 0.3 is 0 Å². The van der Waals surface area contributed by atoms with Crippen molar-refractivity contribution in [2.45, 2.75) is 26.2 Å². The molecule has 10 heteroatoms. The highest BCUT2D eigenvalue weighted by Crippen LogP contribution is 2.27. The summed E-state index contributed by atoms with van der Waals surface area (Å²) in [4.78, 5) is 25.6. The van der Waals surface area contributed by atoms with E-state index in [0.29, 0.717) is 47.8 Å². The lowest BCUT2D eigenvalue weighted by molar-refractivity contribution is -0.116. The number of benzene rings is 3. The van der Waals surface area contributed by atoms with E-state index in [9.17, 15) is 18.0 Å². The largest absolute Gasteiger partial charge is 0.493 e. The molecule has 0 aromatic heterocycles. The van der Waals surface area contributed by atoms with Gasteiger partial charge in [0.25, 0.3) is 5.91 Å². The van der Waals surface area contributed by atoms with Crippen LogP contribution in [0.15, 0.2) is 66.7 Å². The minimum Gasteiger partial charge on any atom is -0.493 e. The first-order valence-corrected chi connectivity index (χ1v) is 14.4. The number of anilines is 2. The van der Waals surface area contributed by atoms with E-state index in [1.807, 2.05) is 37.3 Å². The van der Waals surface area contributed by atoms with Crippen LogP contribution in [-0.2, 0) is 21.2 Å². The second-order valence-electron chi connectivity index (χ2n) is 9.06. The van der Waals surface area contributed by atoms with Gasteiger partial charge in [-0.2, -0.15) is 0 Å². The fourth-order valence-corrected chi connectivity index (χ4v) is 5.00. The van der Waals surface area contributed by atoms with Gasteiger partial charge in [-0.25, -0.2) is 8.42 Å².